The van der Waals surface area contributed by atoms with Crippen molar-refractivity contribution in [2.75, 3.05) is 32.7 Å². The van der Waals surface area contributed by atoms with Gasteiger partial charge in [0, 0.05) is 7.05 Å². The van der Waals surface area contributed by atoms with Crippen molar-refractivity contribution in [2.24, 2.45) is 0 Å². The number of carbonyl (C=O) groups is 1. The summed E-state index contributed by atoms with van der Waals surface area (Å²) in [5, 5.41) is 0. The first-order valence-corrected chi connectivity index (χ1v) is 8.99. The SMILES string of the molecule is COc1nc(OC)nc(C(=O)c2cccc(OC)c2N(C)S(=O)(=O)C(F)F)n1. The molecule has 0 aliphatic carbocycles. The molecule has 10 nitrogen and oxygen atoms in total. The van der Waals surface area contributed by atoms with Gasteiger partial charge in [0.25, 0.3) is 10.0 Å². The van der Waals surface area contributed by atoms with Crippen LogP contribution in [0.1, 0.15) is 16.2 Å². The van der Waals surface area contributed by atoms with E-state index in [2.05, 4.69) is 15.0 Å². The minimum atomic E-state index is -5.06. The molecule has 2 aromatic rings. The Balaban J connectivity index is 2.69. The van der Waals surface area contributed by atoms with Gasteiger partial charge in [-0.15, -0.1) is 4.98 Å². The van der Waals surface area contributed by atoms with Gasteiger partial charge in [-0.05, 0) is 12.1 Å². The third kappa shape index (κ3) is 3.93. The molecule has 0 fully saturated rings. The van der Waals surface area contributed by atoms with Crippen LogP contribution >= 0.6 is 0 Å². The number of ether oxygens (including phenoxy) is 3. The van der Waals surface area contributed by atoms with Gasteiger partial charge in [0.1, 0.15) is 11.4 Å². The van der Waals surface area contributed by atoms with Crippen LogP contribution < -0.4 is 18.5 Å². The topological polar surface area (TPSA) is 121 Å². The molecule has 0 N–H and O–H groups in total. The monoisotopic (exact) mass is 418 g/mol. The molecule has 0 saturated heterocycles. The highest BCUT2D eigenvalue weighted by Gasteiger charge is 2.34. The molecule has 0 spiro atoms. The van der Waals surface area contributed by atoms with Crippen molar-refractivity contribution in [3.8, 4) is 17.8 Å². The van der Waals surface area contributed by atoms with Gasteiger partial charge in [0.05, 0.1) is 26.9 Å². The molecule has 0 radical (unpaired) electrons. The predicted molar refractivity (Wildman–Crippen MR) is 92.7 cm³/mol. The Morgan fingerprint density at radius 1 is 1.04 bits per heavy atom. The first-order valence-electron chi connectivity index (χ1n) is 7.49. The molecular weight excluding hydrogens is 402 g/mol. The van der Waals surface area contributed by atoms with Crippen molar-refractivity contribution in [2.45, 2.75) is 5.76 Å². The van der Waals surface area contributed by atoms with Gasteiger partial charge in [-0.1, -0.05) is 6.07 Å². The predicted octanol–water partition coefficient (Wildman–Crippen LogP) is 1.12. The lowest BCUT2D eigenvalue weighted by molar-refractivity contribution is 0.102. The van der Waals surface area contributed by atoms with Gasteiger partial charge in [-0.3, -0.25) is 9.10 Å². The maximum absolute atomic E-state index is 13.0. The second kappa shape index (κ2) is 8.29. The standard InChI is InChI=1S/C15H16F2N4O6S/c1-21(28(23,24)13(16)17)10-8(6-5-7-9(10)25-2)11(22)12-18-14(26-3)20-15(19-12)27-4/h5-7,13H,1-4H3. The Morgan fingerprint density at radius 3 is 2.07 bits per heavy atom. The van der Waals surface area contributed by atoms with E-state index in [1.54, 1.807) is 0 Å². The molecule has 1 aromatic carbocycles. The van der Waals surface area contributed by atoms with Crippen LogP contribution in [-0.2, 0) is 10.0 Å². The zero-order valence-corrected chi connectivity index (χ0v) is 16.0. The summed E-state index contributed by atoms with van der Waals surface area (Å²) >= 11 is 0. The highest BCUT2D eigenvalue weighted by atomic mass is 32.2. The van der Waals surface area contributed by atoms with Crippen molar-refractivity contribution >= 4 is 21.5 Å². The number of methoxy groups -OCH3 is 3. The van der Waals surface area contributed by atoms with Crippen LogP contribution in [0.25, 0.3) is 0 Å². The van der Waals surface area contributed by atoms with Gasteiger partial charge < -0.3 is 14.2 Å². The Hall–Kier alpha value is -3.09. The first kappa shape index (κ1) is 21.2. The van der Waals surface area contributed by atoms with Crippen molar-refractivity contribution < 1.29 is 36.2 Å². The lowest BCUT2D eigenvalue weighted by Gasteiger charge is -2.23. The van der Waals surface area contributed by atoms with Gasteiger partial charge >= 0.3 is 17.8 Å². The Labute approximate surface area is 159 Å². The summed E-state index contributed by atoms with van der Waals surface area (Å²) in [6.07, 6.45) is 0. The van der Waals surface area contributed by atoms with Crippen LogP contribution in [0, 0.1) is 0 Å². The zero-order valence-electron chi connectivity index (χ0n) is 15.2. The highest BCUT2D eigenvalue weighted by molar-refractivity contribution is 7.93. The Morgan fingerprint density at radius 2 is 1.61 bits per heavy atom. The summed E-state index contributed by atoms with van der Waals surface area (Å²) in [6.45, 7) is 0. The Kier molecular flexibility index (Phi) is 6.28. The zero-order chi connectivity index (χ0) is 21.1. The fraction of sp³-hybridized carbons (Fsp3) is 0.333. The molecule has 0 aliphatic rings. The van der Waals surface area contributed by atoms with Gasteiger partial charge in [-0.2, -0.15) is 18.7 Å². The molecule has 0 bridgehead atoms. The fourth-order valence-electron chi connectivity index (χ4n) is 2.18. The number of carbonyl (C=O) groups excluding carboxylic acids is 1. The Bertz CT molecular complexity index is 964. The first-order chi connectivity index (χ1) is 13.2. The molecule has 0 saturated carbocycles. The van der Waals surface area contributed by atoms with Crippen LogP contribution in [0.4, 0.5) is 14.5 Å². The van der Waals surface area contributed by atoms with E-state index in [1.807, 2.05) is 0 Å². The van der Waals surface area contributed by atoms with E-state index in [0.29, 0.717) is 0 Å². The summed E-state index contributed by atoms with van der Waals surface area (Å²) < 4.78 is 65.0. The summed E-state index contributed by atoms with van der Waals surface area (Å²) in [5.74, 6) is -5.15. The van der Waals surface area contributed by atoms with E-state index in [1.165, 1.54) is 39.5 Å². The van der Waals surface area contributed by atoms with Crippen molar-refractivity contribution in [3.05, 3.63) is 29.6 Å². The van der Waals surface area contributed by atoms with Crippen LogP contribution in [0.5, 0.6) is 17.8 Å². The van der Waals surface area contributed by atoms with Crippen LogP contribution in [-0.4, -0.2) is 63.3 Å². The van der Waals surface area contributed by atoms with Crippen molar-refractivity contribution in [1.82, 2.24) is 15.0 Å². The molecule has 0 amide bonds. The lowest BCUT2D eigenvalue weighted by atomic mass is 10.1. The summed E-state index contributed by atoms with van der Waals surface area (Å²) in [5.41, 5.74) is -0.685. The molecule has 2 rings (SSSR count). The van der Waals surface area contributed by atoms with Crippen molar-refractivity contribution in [3.63, 3.8) is 0 Å². The molecule has 0 unspecified atom stereocenters. The normalized spacial score (nSPS) is 11.2. The number of rotatable bonds is 8. The van der Waals surface area contributed by atoms with Crippen LogP contribution in [0.3, 0.4) is 0 Å². The largest absolute Gasteiger partial charge is 0.495 e. The molecule has 1 aromatic heterocycles. The number of ketones is 1. The molecule has 13 heteroatoms. The average molecular weight is 418 g/mol. The number of para-hydroxylation sites is 1. The second-order valence-electron chi connectivity index (χ2n) is 5.09. The molecule has 1 heterocycles. The van der Waals surface area contributed by atoms with Gasteiger partial charge in [0.2, 0.25) is 11.6 Å². The second-order valence-corrected chi connectivity index (χ2v) is 7.03. The summed E-state index contributed by atoms with van der Waals surface area (Å²) in [7, 11) is -0.476. The average Bonchev–Trinajstić information content (AvgIpc) is 2.71. The molecule has 152 valence electrons. The fourth-order valence-corrected chi connectivity index (χ4v) is 2.87. The van der Waals surface area contributed by atoms with Gasteiger partial charge in [-0.25, -0.2) is 8.42 Å². The molecule has 28 heavy (non-hydrogen) atoms. The lowest BCUT2D eigenvalue weighted by Crippen LogP contribution is -2.33. The van der Waals surface area contributed by atoms with E-state index in [-0.39, 0.29) is 27.6 Å². The van der Waals surface area contributed by atoms with Crippen LogP contribution in [0.15, 0.2) is 18.2 Å². The smallest absolute Gasteiger partial charge is 0.355 e. The number of anilines is 1. The van der Waals surface area contributed by atoms with E-state index in [4.69, 9.17) is 14.2 Å². The van der Waals surface area contributed by atoms with Gasteiger partial charge in [0.15, 0.2) is 0 Å². The molecular formula is C15H16F2N4O6S. The third-order valence-electron chi connectivity index (χ3n) is 3.55. The number of hydrogen-bond acceptors (Lipinski definition) is 9. The number of benzene rings is 1. The number of hydrogen-bond donors (Lipinski definition) is 0. The summed E-state index contributed by atoms with van der Waals surface area (Å²) in [6, 6.07) is 3.47. The van der Waals surface area contributed by atoms with Crippen molar-refractivity contribution in [1.29, 1.82) is 0 Å². The number of aromatic nitrogens is 3. The van der Waals surface area contributed by atoms with Crippen LogP contribution in [0.2, 0.25) is 0 Å². The van der Waals surface area contributed by atoms with E-state index < -0.39 is 33.1 Å². The maximum atomic E-state index is 13.0. The maximum Gasteiger partial charge on any atom is 0.355 e. The minimum Gasteiger partial charge on any atom is -0.495 e. The molecule has 0 atom stereocenters. The number of nitrogens with zero attached hydrogens (tertiary/aromatic N) is 4. The molecule has 0 aliphatic heterocycles. The highest BCUT2D eigenvalue weighted by Crippen LogP contribution is 2.35. The number of sulfonamides is 1. The minimum absolute atomic E-state index is 0.120. The van der Waals surface area contributed by atoms with E-state index >= 15 is 0 Å². The summed E-state index contributed by atoms with van der Waals surface area (Å²) in [4.78, 5) is 24.3. The number of alkyl halides is 2. The quantitative estimate of drug-likeness (QED) is 0.581. The third-order valence-corrected chi connectivity index (χ3v) is 4.94. The number of halogens is 2. The van der Waals surface area contributed by atoms with E-state index in [9.17, 15) is 22.0 Å². The van der Waals surface area contributed by atoms with E-state index in [0.717, 1.165) is 7.05 Å².